The van der Waals surface area contributed by atoms with Crippen molar-refractivity contribution in [2.24, 2.45) is 0 Å². The summed E-state index contributed by atoms with van der Waals surface area (Å²) < 4.78 is 28.7. The van der Waals surface area contributed by atoms with Crippen LogP contribution < -0.4 is 9.64 Å². The lowest BCUT2D eigenvalue weighted by Gasteiger charge is -2.42. The Morgan fingerprint density at radius 1 is 1.07 bits per heavy atom. The first-order valence-electron chi connectivity index (χ1n) is 16.1. The SMILES string of the molecule is CN1CCCC1(CO)COc1nc(N2CC3CCC(C2)N3C(=O)OC(C)(C)C)c2cnc(-c3cccc4ccccc34)c(F)c2n1. The molecule has 3 unspecified atom stereocenters. The Balaban J connectivity index is 1.29. The molecule has 3 aliphatic rings. The molecule has 0 saturated carbocycles. The summed E-state index contributed by atoms with van der Waals surface area (Å²) in [6.45, 7) is 7.60. The maximum Gasteiger partial charge on any atom is 0.410 e. The Hall–Kier alpha value is -4.09. The summed E-state index contributed by atoms with van der Waals surface area (Å²) >= 11 is 0. The zero-order valence-corrected chi connectivity index (χ0v) is 26.9. The third-order valence-corrected chi connectivity index (χ3v) is 9.78. The number of ether oxygens (including phenoxy) is 2. The fourth-order valence-corrected chi connectivity index (χ4v) is 7.34. The van der Waals surface area contributed by atoms with E-state index < -0.39 is 17.0 Å². The number of fused-ring (bicyclic) bond motifs is 4. The van der Waals surface area contributed by atoms with Gasteiger partial charge in [0.25, 0.3) is 0 Å². The quantitative estimate of drug-likeness (QED) is 0.300. The lowest BCUT2D eigenvalue weighted by molar-refractivity contribution is 0.0122. The van der Waals surface area contributed by atoms with Gasteiger partial charge in [-0.2, -0.15) is 9.97 Å². The van der Waals surface area contributed by atoms with Crippen molar-refractivity contribution in [3.8, 4) is 17.3 Å². The van der Waals surface area contributed by atoms with Crippen LogP contribution in [0, 0.1) is 5.82 Å². The molecule has 46 heavy (non-hydrogen) atoms. The molecule has 4 aromatic rings. The van der Waals surface area contributed by atoms with E-state index in [-0.39, 0.29) is 48.6 Å². The Labute approximate surface area is 268 Å². The molecule has 1 N–H and O–H groups in total. The van der Waals surface area contributed by atoms with Crippen molar-refractivity contribution in [3.63, 3.8) is 0 Å². The summed E-state index contributed by atoms with van der Waals surface area (Å²) in [5.74, 6) is -0.0259. The van der Waals surface area contributed by atoms with Crippen LogP contribution in [0.15, 0.2) is 48.7 Å². The van der Waals surface area contributed by atoms with Gasteiger partial charge < -0.3 is 19.5 Å². The van der Waals surface area contributed by atoms with Crippen LogP contribution in [0.3, 0.4) is 0 Å². The van der Waals surface area contributed by atoms with E-state index in [0.717, 1.165) is 43.0 Å². The molecule has 10 nitrogen and oxygen atoms in total. The second-order valence-electron chi connectivity index (χ2n) is 13.9. The Bertz CT molecular complexity index is 1780. The maximum absolute atomic E-state index is 16.7. The molecule has 7 rings (SSSR count). The lowest BCUT2D eigenvalue weighted by Crippen LogP contribution is -2.57. The summed E-state index contributed by atoms with van der Waals surface area (Å²) in [6.07, 6.45) is 4.75. The van der Waals surface area contributed by atoms with Crippen LogP contribution in [0.4, 0.5) is 15.0 Å². The van der Waals surface area contributed by atoms with Crippen molar-refractivity contribution in [2.75, 3.05) is 44.8 Å². The summed E-state index contributed by atoms with van der Waals surface area (Å²) in [5, 5.41) is 12.7. The molecule has 3 fully saturated rings. The van der Waals surface area contributed by atoms with Gasteiger partial charge in [0.05, 0.1) is 29.6 Å². The van der Waals surface area contributed by atoms with E-state index in [4.69, 9.17) is 14.5 Å². The molecule has 2 bridgehead atoms. The van der Waals surface area contributed by atoms with E-state index in [1.165, 1.54) is 0 Å². The van der Waals surface area contributed by atoms with Crippen molar-refractivity contribution in [1.29, 1.82) is 0 Å². The maximum atomic E-state index is 16.7. The average Bonchev–Trinajstić information content (AvgIpc) is 3.54. The van der Waals surface area contributed by atoms with E-state index in [9.17, 15) is 9.90 Å². The number of likely N-dealkylation sites (N-methyl/N-ethyl adjacent to an activating group) is 1. The molecule has 2 aromatic carbocycles. The zero-order valence-electron chi connectivity index (χ0n) is 26.9. The fourth-order valence-electron chi connectivity index (χ4n) is 7.34. The molecule has 0 radical (unpaired) electrons. The molecule has 5 heterocycles. The van der Waals surface area contributed by atoms with E-state index in [1.807, 2.05) is 75.2 Å². The highest BCUT2D eigenvalue weighted by Crippen LogP contribution is 2.39. The van der Waals surface area contributed by atoms with Crippen molar-refractivity contribution in [1.82, 2.24) is 24.8 Å². The number of aliphatic hydroxyl groups excluding tert-OH is 1. The normalized spacial score (nSPS) is 23.4. The second-order valence-corrected chi connectivity index (χ2v) is 13.9. The van der Waals surface area contributed by atoms with Crippen LogP contribution in [0.5, 0.6) is 6.01 Å². The van der Waals surface area contributed by atoms with Crippen molar-refractivity contribution in [3.05, 3.63) is 54.5 Å². The largest absolute Gasteiger partial charge is 0.461 e. The van der Waals surface area contributed by atoms with Crippen LogP contribution in [-0.4, -0.2) is 99.1 Å². The number of likely N-dealkylation sites (tertiary alicyclic amines) is 1. The van der Waals surface area contributed by atoms with Crippen molar-refractivity contribution in [2.45, 2.75) is 69.7 Å². The highest BCUT2D eigenvalue weighted by atomic mass is 19.1. The number of carbonyl (C=O) groups is 1. The van der Waals surface area contributed by atoms with Crippen LogP contribution >= 0.6 is 0 Å². The van der Waals surface area contributed by atoms with E-state index >= 15 is 4.39 Å². The van der Waals surface area contributed by atoms with E-state index in [2.05, 4.69) is 19.8 Å². The molecule has 3 atom stereocenters. The lowest BCUT2D eigenvalue weighted by atomic mass is 9.99. The van der Waals surface area contributed by atoms with Gasteiger partial charge in [0.1, 0.15) is 29.2 Å². The van der Waals surface area contributed by atoms with Crippen LogP contribution in [0.1, 0.15) is 46.5 Å². The number of carbonyl (C=O) groups excluding carboxylic acids is 1. The number of aliphatic hydroxyl groups is 1. The number of piperazine rings is 1. The molecule has 0 spiro atoms. The molecule has 242 valence electrons. The predicted octanol–water partition coefficient (Wildman–Crippen LogP) is 5.41. The molecule has 1 amide bonds. The topological polar surface area (TPSA) is 104 Å². The van der Waals surface area contributed by atoms with Gasteiger partial charge in [0, 0.05) is 24.8 Å². The summed E-state index contributed by atoms with van der Waals surface area (Å²) in [4.78, 5) is 33.3. The second kappa shape index (κ2) is 11.6. The predicted molar refractivity (Wildman–Crippen MR) is 175 cm³/mol. The van der Waals surface area contributed by atoms with Gasteiger partial charge in [-0.05, 0) is 70.8 Å². The standard InChI is InChI=1S/C35H41FN6O4/c1-34(2,3)46-33(44)42-23-13-14-24(42)19-41(18-23)31-27-17-37-29(26-12-7-10-22-9-5-6-11-25(22)26)28(36)30(27)38-32(39-31)45-21-35(20-43)15-8-16-40(35)4/h5-7,9-12,17,23-24,43H,8,13-16,18-21H2,1-4H3. The first-order valence-corrected chi connectivity index (χ1v) is 16.1. The molecule has 2 aromatic heterocycles. The molecule has 0 aliphatic carbocycles. The van der Waals surface area contributed by atoms with Crippen LogP contribution in [0.25, 0.3) is 32.9 Å². The molecule has 11 heteroatoms. The van der Waals surface area contributed by atoms with Crippen LogP contribution in [0.2, 0.25) is 0 Å². The molecule has 3 aliphatic heterocycles. The van der Waals surface area contributed by atoms with Crippen LogP contribution in [-0.2, 0) is 4.74 Å². The Morgan fingerprint density at radius 2 is 1.80 bits per heavy atom. The number of halogens is 1. The number of pyridine rings is 1. The van der Waals surface area contributed by atoms with E-state index in [0.29, 0.717) is 29.9 Å². The number of hydrogen-bond acceptors (Lipinski definition) is 9. The molecular formula is C35H41FN6O4. The van der Waals surface area contributed by atoms with E-state index in [1.54, 1.807) is 6.20 Å². The van der Waals surface area contributed by atoms with Gasteiger partial charge in [-0.15, -0.1) is 0 Å². The van der Waals surface area contributed by atoms with Gasteiger partial charge in [-0.1, -0.05) is 42.5 Å². The minimum absolute atomic E-state index is 0.0477. The molecular weight excluding hydrogens is 587 g/mol. The monoisotopic (exact) mass is 628 g/mol. The highest BCUT2D eigenvalue weighted by molar-refractivity contribution is 5.99. The van der Waals surface area contributed by atoms with Gasteiger partial charge >= 0.3 is 12.1 Å². The van der Waals surface area contributed by atoms with Gasteiger partial charge in [-0.3, -0.25) is 14.8 Å². The Kier molecular flexibility index (Phi) is 7.71. The van der Waals surface area contributed by atoms with Crippen molar-refractivity contribution < 1.29 is 23.8 Å². The first-order chi connectivity index (χ1) is 22.1. The number of hydrogen-bond donors (Lipinski definition) is 1. The third-order valence-electron chi connectivity index (χ3n) is 9.78. The number of nitrogens with zero attached hydrogens (tertiary/aromatic N) is 6. The summed E-state index contributed by atoms with van der Waals surface area (Å²) in [6, 6.07) is 13.5. The smallest absolute Gasteiger partial charge is 0.410 e. The Morgan fingerprint density at radius 3 is 2.50 bits per heavy atom. The first kappa shape index (κ1) is 30.6. The number of anilines is 1. The summed E-state index contributed by atoms with van der Waals surface area (Å²) in [7, 11) is 1.97. The number of amides is 1. The number of rotatable bonds is 6. The highest BCUT2D eigenvalue weighted by Gasteiger charge is 2.45. The minimum Gasteiger partial charge on any atom is -0.461 e. The number of aromatic nitrogens is 3. The number of benzene rings is 2. The fraction of sp³-hybridized carbons (Fsp3) is 0.486. The minimum atomic E-state index is -0.590. The zero-order chi connectivity index (χ0) is 32.2. The third kappa shape index (κ3) is 5.39. The van der Waals surface area contributed by atoms with Crippen molar-refractivity contribution >= 4 is 33.6 Å². The summed E-state index contributed by atoms with van der Waals surface area (Å²) in [5.41, 5.74) is -0.139. The molecule has 3 saturated heterocycles. The average molecular weight is 629 g/mol. The van der Waals surface area contributed by atoms with Gasteiger partial charge in [0.2, 0.25) is 0 Å². The van der Waals surface area contributed by atoms with Gasteiger partial charge in [-0.25, -0.2) is 9.18 Å². The van der Waals surface area contributed by atoms with Gasteiger partial charge in [0.15, 0.2) is 5.82 Å².